The molecule has 1 unspecified atom stereocenters. The molecule has 1 atom stereocenters. The summed E-state index contributed by atoms with van der Waals surface area (Å²) >= 11 is 1.81. The molecular weight excluding hydrogens is 789 g/mol. The molecule has 0 fully saturated rings. The van der Waals surface area contributed by atoms with Crippen LogP contribution in [0.4, 0.5) is 0 Å². The molecule has 0 saturated carbocycles. The van der Waals surface area contributed by atoms with Crippen molar-refractivity contribution in [2.24, 2.45) is 0 Å². The molecule has 13 aromatic rings. The highest BCUT2D eigenvalue weighted by molar-refractivity contribution is 7.25. The molecule has 9 aromatic carbocycles. The zero-order valence-corrected chi connectivity index (χ0v) is 34.6. The first-order valence-corrected chi connectivity index (χ1v) is 22.2. The van der Waals surface area contributed by atoms with Gasteiger partial charge in [-0.1, -0.05) is 133 Å². The molecule has 1 aliphatic rings. The number of hydrogen-bond acceptors (Lipinski definition) is 5. The van der Waals surface area contributed by atoms with Crippen molar-refractivity contribution in [2.75, 3.05) is 0 Å². The van der Waals surface area contributed by atoms with Gasteiger partial charge in [-0.25, -0.2) is 15.0 Å². The maximum atomic E-state index is 7.14. The Morgan fingerprint density at radius 2 is 1.03 bits per heavy atom. The molecule has 4 heterocycles. The minimum absolute atomic E-state index is 0.0112. The maximum Gasteiger partial charge on any atom is 0.167 e. The van der Waals surface area contributed by atoms with E-state index in [1.807, 2.05) is 29.5 Å². The summed E-state index contributed by atoms with van der Waals surface area (Å²) in [6, 6.07) is 67.5. The average Bonchev–Trinajstić information content (AvgIpc) is 4.01. The number of benzene rings is 9. The predicted octanol–water partition coefficient (Wildman–Crippen LogP) is 15.2. The molecule has 0 amide bonds. The van der Waals surface area contributed by atoms with Gasteiger partial charge in [-0.05, 0) is 81.7 Å². The Kier molecular flexibility index (Phi) is 7.33. The summed E-state index contributed by atoms with van der Waals surface area (Å²) in [5, 5.41) is 11.0. The molecule has 5 nitrogen and oxygen atoms in total. The summed E-state index contributed by atoms with van der Waals surface area (Å²) in [5.74, 6) is 2.74. The lowest BCUT2D eigenvalue weighted by Gasteiger charge is -2.28. The SMILES string of the molecule is c1ccc(-c2nc(-c3ccc4sc5ccccc5c4c3)nc(-c3cccc4c5c(oc34)-c3ccccc3C(n3c4cc6ccccc6cc4c4cc6ccccc6cc43)C5)n2)cc1. The summed E-state index contributed by atoms with van der Waals surface area (Å²) in [6.07, 6.45) is 0.758. The van der Waals surface area contributed by atoms with E-state index < -0.39 is 0 Å². The fourth-order valence-electron chi connectivity index (χ4n) is 10.3. The largest absolute Gasteiger partial charge is 0.455 e. The summed E-state index contributed by atoms with van der Waals surface area (Å²) in [6.45, 7) is 0. The monoisotopic (exact) mass is 822 g/mol. The number of aromatic nitrogens is 4. The Morgan fingerprint density at radius 1 is 0.444 bits per heavy atom. The van der Waals surface area contributed by atoms with Crippen molar-refractivity contribution in [3.8, 4) is 45.5 Å². The number of furan rings is 1. The summed E-state index contributed by atoms with van der Waals surface area (Å²) < 4.78 is 12.2. The zero-order chi connectivity index (χ0) is 41.2. The number of para-hydroxylation sites is 1. The zero-order valence-electron chi connectivity index (χ0n) is 33.8. The van der Waals surface area contributed by atoms with Gasteiger partial charge in [0.05, 0.1) is 22.6 Å². The van der Waals surface area contributed by atoms with Crippen LogP contribution in [0.3, 0.4) is 0 Å². The van der Waals surface area contributed by atoms with Crippen LogP contribution in [0.15, 0.2) is 192 Å². The van der Waals surface area contributed by atoms with E-state index in [-0.39, 0.29) is 6.04 Å². The first-order valence-electron chi connectivity index (χ1n) is 21.4. The van der Waals surface area contributed by atoms with Crippen LogP contribution in [-0.2, 0) is 6.42 Å². The molecule has 1 aliphatic carbocycles. The number of rotatable bonds is 4. The molecule has 294 valence electrons. The van der Waals surface area contributed by atoms with Crippen LogP contribution in [0.25, 0.3) is 120 Å². The number of thiophene rings is 1. The van der Waals surface area contributed by atoms with E-state index in [2.05, 4.69) is 174 Å². The van der Waals surface area contributed by atoms with Crippen LogP contribution in [0.5, 0.6) is 0 Å². The van der Waals surface area contributed by atoms with Crippen LogP contribution < -0.4 is 0 Å². The molecular formula is C57H34N4OS. The van der Waals surface area contributed by atoms with Crippen LogP contribution >= 0.6 is 11.3 Å². The minimum atomic E-state index is 0.0112. The quantitative estimate of drug-likeness (QED) is 0.177. The van der Waals surface area contributed by atoms with E-state index in [0.717, 1.165) is 45.4 Å². The van der Waals surface area contributed by atoms with E-state index in [4.69, 9.17) is 19.4 Å². The number of hydrogen-bond donors (Lipinski definition) is 0. The third-order valence-electron chi connectivity index (χ3n) is 13.2. The van der Waals surface area contributed by atoms with Gasteiger partial charge < -0.3 is 8.98 Å². The molecule has 14 rings (SSSR count). The third kappa shape index (κ3) is 5.25. The fourth-order valence-corrected chi connectivity index (χ4v) is 11.3. The highest BCUT2D eigenvalue weighted by Crippen LogP contribution is 2.49. The Morgan fingerprint density at radius 3 is 1.79 bits per heavy atom. The Balaban J connectivity index is 0.978. The van der Waals surface area contributed by atoms with Gasteiger partial charge in [-0.15, -0.1) is 11.3 Å². The second kappa shape index (κ2) is 13.3. The van der Waals surface area contributed by atoms with Gasteiger partial charge in [-0.3, -0.25) is 0 Å². The van der Waals surface area contributed by atoms with Gasteiger partial charge >= 0.3 is 0 Å². The molecule has 0 saturated heterocycles. The first kappa shape index (κ1) is 34.7. The van der Waals surface area contributed by atoms with Crippen molar-refractivity contribution in [1.82, 2.24) is 19.5 Å². The van der Waals surface area contributed by atoms with Crippen molar-refractivity contribution in [3.63, 3.8) is 0 Å². The Hall–Kier alpha value is -7.93. The predicted molar refractivity (Wildman–Crippen MR) is 261 cm³/mol. The second-order valence-corrected chi connectivity index (χ2v) is 17.8. The lowest BCUT2D eigenvalue weighted by Crippen LogP contribution is -2.18. The number of fused-ring (bicyclic) bond motifs is 13. The lowest BCUT2D eigenvalue weighted by molar-refractivity contribution is 0.577. The van der Waals surface area contributed by atoms with Gasteiger partial charge in [0.2, 0.25) is 0 Å². The maximum absolute atomic E-state index is 7.14. The topological polar surface area (TPSA) is 56.7 Å². The molecule has 4 aromatic heterocycles. The molecule has 63 heavy (non-hydrogen) atoms. The molecule has 0 N–H and O–H groups in total. The van der Waals surface area contributed by atoms with E-state index in [1.54, 1.807) is 0 Å². The first-order chi connectivity index (χ1) is 31.2. The highest BCUT2D eigenvalue weighted by Gasteiger charge is 2.33. The van der Waals surface area contributed by atoms with Crippen molar-refractivity contribution >= 4 is 85.8 Å². The Labute approximate surface area is 365 Å². The van der Waals surface area contributed by atoms with E-state index in [1.165, 1.54) is 74.6 Å². The molecule has 0 bridgehead atoms. The summed E-state index contributed by atoms with van der Waals surface area (Å²) in [4.78, 5) is 15.6. The van der Waals surface area contributed by atoms with Crippen LogP contribution in [-0.4, -0.2) is 19.5 Å². The van der Waals surface area contributed by atoms with Crippen LogP contribution in [0, 0.1) is 0 Å². The van der Waals surface area contributed by atoms with E-state index in [0.29, 0.717) is 17.5 Å². The van der Waals surface area contributed by atoms with Gasteiger partial charge in [0.15, 0.2) is 17.5 Å². The third-order valence-corrected chi connectivity index (χ3v) is 14.3. The molecule has 0 aliphatic heterocycles. The second-order valence-electron chi connectivity index (χ2n) is 16.7. The van der Waals surface area contributed by atoms with Gasteiger partial charge in [0, 0.05) is 65.0 Å². The molecule has 0 radical (unpaired) electrons. The summed E-state index contributed by atoms with van der Waals surface area (Å²) in [7, 11) is 0. The van der Waals surface area contributed by atoms with Gasteiger partial charge in [-0.2, -0.15) is 0 Å². The standard InChI is InChI=1S/C57H34N4OS/c1-2-13-33(14-3-1)55-58-56(38-25-26-52-46(29-38)40-20-10-11-24-51(40)63-52)60-57(59-55)43-23-12-22-42-47-32-50(39-19-8-9-21-41(39)54(47)62-53(42)43)61-48-30-36-17-6-4-15-34(36)27-44(48)45-28-35-16-5-7-18-37(35)31-49(45)61/h1-31,50H,32H2. The van der Waals surface area contributed by atoms with Crippen molar-refractivity contribution in [2.45, 2.75) is 12.5 Å². The minimum Gasteiger partial charge on any atom is -0.455 e. The summed E-state index contributed by atoms with van der Waals surface area (Å²) in [5.41, 5.74) is 9.52. The molecule has 6 heteroatoms. The number of nitrogens with zero attached hydrogens (tertiary/aromatic N) is 4. The van der Waals surface area contributed by atoms with Gasteiger partial charge in [0.1, 0.15) is 11.3 Å². The average molecular weight is 823 g/mol. The van der Waals surface area contributed by atoms with Crippen molar-refractivity contribution < 1.29 is 4.42 Å². The fraction of sp³-hybridized carbons (Fsp3) is 0.0351. The van der Waals surface area contributed by atoms with Crippen LogP contribution in [0.1, 0.15) is 17.2 Å². The van der Waals surface area contributed by atoms with E-state index in [9.17, 15) is 0 Å². The highest BCUT2D eigenvalue weighted by atomic mass is 32.1. The smallest absolute Gasteiger partial charge is 0.167 e. The lowest BCUT2D eigenvalue weighted by atomic mass is 9.85. The van der Waals surface area contributed by atoms with E-state index >= 15 is 0 Å². The van der Waals surface area contributed by atoms with Crippen molar-refractivity contribution in [1.29, 1.82) is 0 Å². The van der Waals surface area contributed by atoms with Gasteiger partial charge in [0.25, 0.3) is 0 Å². The Bertz CT molecular complexity index is 3940. The normalized spacial score (nSPS) is 13.8. The molecule has 0 spiro atoms. The van der Waals surface area contributed by atoms with Crippen molar-refractivity contribution in [3.05, 3.63) is 199 Å². The van der Waals surface area contributed by atoms with Crippen LogP contribution in [0.2, 0.25) is 0 Å².